The number of thiocarbonyl (C=S) groups is 1. The van der Waals surface area contributed by atoms with E-state index in [0.717, 1.165) is 18.4 Å². The molecule has 1 amide bonds. The number of phenols is 2. The quantitative estimate of drug-likeness (QED) is 0.0143. The Kier molecular flexibility index (Phi) is 23.7. The molecule has 8 rings (SSSR count). The number of carbonyl (C=O) groups excluding carboxylic acids is 1. The maximum Gasteiger partial charge on any atom is 0.336 e. The molecular weight excluding hydrogens is 1040 g/mol. The number of aryl methyl sites for hydroxylation is 1. The van der Waals surface area contributed by atoms with Crippen LogP contribution >= 0.6 is 12.2 Å². The number of hydrogen-bond donors (Lipinski definition) is 8. The summed E-state index contributed by atoms with van der Waals surface area (Å²) in [5.41, 5.74) is 13.4. The number of phenolic OH excluding ortho intramolecular Hbond substituents is 2. The van der Waals surface area contributed by atoms with Crippen molar-refractivity contribution >= 4 is 34.9 Å². The molecule has 0 radical (unpaired) electrons. The average molecular weight is 1120 g/mol. The summed E-state index contributed by atoms with van der Waals surface area (Å²) in [4.78, 5) is 25.1. The van der Waals surface area contributed by atoms with Gasteiger partial charge >= 0.3 is 5.97 Å². The van der Waals surface area contributed by atoms with Crippen LogP contribution in [0.25, 0.3) is 11.1 Å². The van der Waals surface area contributed by atoms with Gasteiger partial charge in [-0.15, -0.1) is 0 Å². The monoisotopic (exact) mass is 1120 g/mol. The van der Waals surface area contributed by atoms with Gasteiger partial charge in [0, 0.05) is 78.4 Å². The molecule has 9 N–H and O–H groups in total. The van der Waals surface area contributed by atoms with Gasteiger partial charge in [-0.05, 0) is 103 Å². The van der Waals surface area contributed by atoms with Gasteiger partial charge in [-0.3, -0.25) is 4.79 Å². The van der Waals surface area contributed by atoms with Crippen molar-refractivity contribution in [2.75, 3.05) is 111 Å². The summed E-state index contributed by atoms with van der Waals surface area (Å²) in [6.07, 6.45) is 6.93. The Morgan fingerprint density at radius 1 is 0.600 bits per heavy atom. The summed E-state index contributed by atoms with van der Waals surface area (Å²) in [5.74, 6) is -0.334. The Bertz CT molecular complexity index is 2710. The molecule has 19 heteroatoms. The largest absolute Gasteiger partial charge is 0.508 e. The molecule has 0 bridgehead atoms. The third-order valence-electron chi connectivity index (χ3n) is 14.3. The van der Waals surface area contributed by atoms with Crippen molar-refractivity contribution in [3.8, 4) is 34.1 Å². The molecule has 3 aliphatic rings. The molecule has 2 aliphatic carbocycles. The van der Waals surface area contributed by atoms with E-state index < -0.39 is 11.9 Å². The molecular formula is C61H77N5O13S. The number of rotatable bonds is 34. The van der Waals surface area contributed by atoms with Gasteiger partial charge in [0.25, 0.3) is 0 Å². The first kappa shape index (κ1) is 59.9. The van der Waals surface area contributed by atoms with Gasteiger partial charge in [-0.2, -0.15) is 0 Å². The number of nitrogens with two attached hydrogens (primary N) is 1. The Balaban J connectivity index is 0.557. The number of fused-ring (bicyclic) bond motifs is 2. The molecule has 430 valence electrons. The minimum atomic E-state index is -1.13. The third kappa shape index (κ3) is 18.9. The fourth-order valence-corrected chi connectivity index (χ4v) is 10.2. The Hall–Kier alpha value is -6.23. The highest BCUT2D eigenvalue weighted by atomic mass is 32.1. The third-order valence-corrected chi connectivity index (χ3v) is 14.5. The minimum absolute atomic E-state index is 0.00224. The van der Waals surface area contributed by atoms with Crippen LogP contribution in [0.1, 0.15) is 88.5 Å². The Labute approximate surface area is 473 Å². The number of carboxylic acids is 1. The van der Waals surface area contributed by atoms with Gasteiger partial charge in [0.2, 0.25) is 5.91 Å². The lowest BCUT2D eigenvalue weighted by Crippen LogP contribution is -2.38. The number of benzene rings is 5. The molecule has 0 aromatic heterocycles. The maximum atomic E-state index is 12.6. The van der Waals surface area contributed by atoms with Gasteiger partial charge < -0.3 is 80.2 Å². The topological polar surface area (TPSA) is 243 Å². The van der Waals surface area contributed by atoms with Gasteiger partial charge in [0.15, 0.2) is 5.11 Å². The van der Waals surface area contributed by atoms with E-state index in [-0.39, 0.29) is 23.0 Å². The molecule has 1 aliphatic heterocycles. The fourth-order valence-electron chi connectivity index (χ4n) is 10.00. The van der Waals surface area contributed by atoms with E-state index in [1.54, 1.807) is 24.3 Å². The second-order valence-electron chi connectivity index (χ2n) is 20.2. The van der Waals surface area contributed by atoms with Crippen molar-refractivity contribution in [3.63, 3.8) is 0 Å². The molecule has 0 saturated heterocycles. The van der Waals surface area contributed by atoms with E-state index in [0.29, 0.717) is 181 Å². The number of aromatic hydroxyl groups is 2. The second kappa shape index (κ2) is 31.7. The average Bonchev–Trinajstić information content (AvgIpc) is 4.27. The first-order chi connectivity index (χ1) is 39.1. The van der Waals surface area contributed by atoms with Crippen molar-refractivity contribution < 1.29 is 62.8 Å². The van der Waals surface area contributed by atoms with Crippen LogP contribution in [-0.4, -0.2) is 156 Å². The van der Waals surface area contributed by atoms with E-state index >= 15 is 0 Å². The first-order valence-corrected chi connectivity index (χ1v) is 28.3. The van der Waals surface area contributed by atoms with Crippen molar-refractivity contribution in [2.45, 2.75) is 74.9 Å². The van der Waals surface area contributed by atoms with Gasteiger partial charge in [0.05, 0.1) is 98.1 Å². The van der Waals surface area contributed by atoms with E-state index in [9.17, 15) is 24.9 Å². The molecule has 1 heterocycles. The predicted octanol–water partition coefficient (Wildman–Crippen LogP) is 7.62. The van der Waals surface area contributed by atoms with E-state index in [1.165, 1.54) is 66.3 Å². The molecule has 5 aromatic rings. The first-order valence-electron chi connectivity index (χ1n) is 27.9. The summed E-state index contributed by atoms with van der Waals surface area (Å²) in [5, 5.41) is 43.7. The van der Waals surface area contributed by atoms with Crippen LogP contribution in [0.3, 0.4) is 0 Å². The van der Waals surface area contributed by atoms with Crippen LogP contribution in [0.4, 0.5) is 5.69 Å². The van der Waals surface area contributed by atoms with E-state index in [1.807, 2.05) is 0 Å². The van der Waals surface area contributed by atoms with Crippen LogP contribution < -0.4 is 31.7 Å². The minimum Gasteiger partial charge on any atom is -0.508 e. The van der Waals surface area contributed by atoms with E-state index in [2.05, 4.69) is 69.8 Å². The summed E-state index contributed by atoms with van der Waals surface area (Å²) >= 11 is 5.45. The highest BCUT2D eigenvalue weighted by molar-refractivity contribution is 7.80. The zero-order chi connectivity index (χ0) is 55.9. The van der Waals surface area contributed by atoms with Gasteiger partial charge in [-0.25, -0.2) is 4.79 Å². The summed E-state index contributed by atoms with van der Waals surface area (Å²) < 4.78 is 45.1. The molecule has 0 unspecified atom stereocenters. The number of aromatic carboxylic acids is 1. The standard InChI is InChI=1S/C61H77N5O13S/c62-45-9-11-46(12-10-45)65-55-40-53(55)43-7-5-42(6-8-43)44-3-1-2-41(36-44)4-19-58(69)63-20-22-72-24-26-74-28-30-76-32-34-78-35-33-77-31-29-75-27-25-73-23-21-64-61(80)66-47-13-16-50(54(37-47)60(70)71)59-51-17-14-48(67)38-56(51)79-57-39-49(68)15-18-52(57)59/h1-3,5-8,13-18,36-39,45-46,53,55,59,65,67-68H,4,9-12,19-35,40,62H2,(H,63,69)(H,70,71)(H2,64,66,80)/t45?,46?,53-,55+/m0/s1. The van der Waals surface area contributed by atoms with Gasteiger partial charge in [0.1, 0.15) is 23.0 Å². The summed E-state index contributed by atoms with van der Waals surface area (Å²) in [6, 6.07) is 33.4. The molecule has 2 atom stereocenters. The lowest BCUT2D eigenvalue weighted by molar-refractivity contribution is -0.121. The normalized spacial score (nSPS) is 17.5. The van der Waals surface area contributed by atoms with Crippen LogP contribution in [0, 0.1) is 0 Å². The smallest absolute Gasteiger partial charge is 0.336 e. The molecule has 18 nitrogen and oxygen atoms in total. The molecule has 2 saturated carbocycles. The van der Waals surface area contributed by atoms with Crippen LogP contribution in [0.15, 0.2) is 103 Å². The van der Waals surface area contributed by atoms with Crippen LogP contribution in [-0.2, 0) is 44.4 Å². The number of amides is 1. The number of anilines is 1. The SMILES string of the molecule is NC1CCC(N[C@@H]2C[C@H]2c2ccc(-c3cccc(CCC(=O)NCCOCCOCCOCCOCCOCCOCCOCCNC(=S)Nc4ccc(C5c6ccc(O)cc6Oc6cc(O)ccc65)c(C(=O)O)c4)c3)cc2)CC1. The zero-order valence-corrected chi connectivity index (χ0v) is 46.2. The summed E-state index contributed by atoms with van der Waals surface area (Å²) in [6.45, 7) is 6.82. The fraction of sp³-hybridized carbons (Fsp3) is 0.459. The lowest BCUT2D eigenvalue weighted by Gasteiger charge is -2.30. The zero-order valence-electron chi connectivity index (χ0n) is 45.4. The number of carboxylic acid groups (broad SMARTS) is 1. The molecule has 80 heavy (non-hydrogen) atoms. The number of ether oxygens (including phenoxy) is 8. The second-order valence-corrected chi connectivity index (χ2v) is 20.6. The van der Waals surface area contributed by atoms with Crippen LogP contribution in [0.2, 0.25) is 0 Å². The number of nitrogens with one attached hydrogen (secondary N) is 4. The number of carbonyl (C=O) groups is 2. The summed E-state index contributed by atoms with van der Waals surface area (Å²) in [7, 11) is 0. The molecule has 2 fully saturated rings. The molecule has 0 spiro atoms. The Morgan fingerprint density at radius 2 is 1.14 bits per heavy atom. The van der Waals surface area contributed by atoms with Crippen LogP contribution in [0.5, 0.6) is 23.0 Å². The van der Waals surface area contributed by atoms with Crippen molar-refractivity contribution in [2.24, 2.45) is 5.73 Å². The van der Waals surface area contributed by atoms with Gasteiger partial charge in [-0.1, -0.05) is 66.7 Å². The maximum absolute atomic E-state index is 12.6. The number of hydrogen-bond acceptors (Lipinski definition) is 15. The van der Waals surface area contributed by atoms with Crippen molar-refractivity contribution in [1.82, 2.24) is 16.0 Å². The van der Waals surface area contributed by atoms with E-state index in [4.69, 9.17) is 55.8 Å². The highest BCUT2D eigenvalue weighted by Gasteiger charge is 2.40. The lowest BCUT2D eigenvalue weighted by atomic mass is 9.80. The predicted molar refractivity (Wildman–Crippen MR) is 308 cm³/mol. The molecule has 5 aromatic carbocycles. The van der Waals surface area contributed by atoms with Crippen molar-refractivity contribution in [1.29, 1.82) is 0 Å². The Morgan fingerprint density at radius 3 is 1.70 bits per heavy atom. The van der Waals surface area contributed by atoms with Crippen molar-refractivity contribution in [3.05, 3.63) is 137 Å². The highest BCUT2D eigenvalue weighted by Crippen LogP contribution is 2.50.